The number of rotatable bonds is 2. The van der Waals surface area contributed by atoms with E-state index in [-0.39, 0.29) is 5.91 Å². The Morgan fingerprint density at radius 1 is 1.17 bits per heavy atom. The zero-order valence-electron chi connectivity index (χ0n) is 9.48. The van der Waals surface area contributed by atoms with Crippen molar-refractivity contribution in [3.63, 3.8) is 0 Å². The van der Waals surface area contributed by atoms with E-state index in [1.54, 1.807) is 48.5 Å². The highest BCUT2D eigenvalue weighted by Gasteiger charge is 2.05. The van der Waals surface area contributed by atoms with E-state index >= 15 is 0 Å². The predicted molar refractivity (Wildman–Crippen MR) is 73.8 cm³/mol. The second-order valence-electron chi connectivity index (χ2n) is 3.69. The van der Waals surface area contributed by atoms with Crippen LogP contribution in [0.15, 0.2) is 48.5 Å². The van der Waals surface area contributed by atoms with Gasteiger partial charge in [0.2, 0.25) is 0 Å². The molecule has 0 aliphatic rings. The minimum absolute atomic E-state index is 0.194. The molecule has 1 N–H and O–H groups in total. The molecule has 0 bridgehead atoms. The molecule has 0 unspecified atom stereocenters. The van der Waals surface area contributed by atoms with Crippen LogP contribution in [-0.2, 0) is 0 Å². The zero-order valence-corrected chi connectivity index (χ0v) is 10.2. The van der Waals surface area contributed by atoms with E-state index in [4.69, 9.17) is 18.0 Å². The molecule has 2 nitrogen and oxygen atoms in total. The third-order valence-corrected chi connectivity index (χ3v) is 2.65. The number of carbonyl (C=O) groups excluding carboxylic acids is 1. The Morgan fingerprint density at radius 2 is 1.89 bits per heavy atom. The van der Waals surface area contributed by atoms with Gasteiger partial charge in [-0.15, -0.1) is 6.42 Å². The van der Waals surface area contributed by atoms with Crippen LogP contribution in [0.1, 0.15) is 15.9 Å². The van der Waals surface area contributed by atoms with Crippen LogP contribution in [0, 0.1) is 12.3 Å². The largest absolute Gasteiger partial charge is 0.322 e. The minimum Gasteiger partial charge on any atom is -0.322 e. The molecule has 2 rings (SSSR count). The molecule has 18 heavy (non-hydrogen) atoms. The second-order valence-corrected chi connectivity index (χ2v) is 4.12. The lowest BCUT2D eigenvalue weighted by molar-refractivity contribution is 0.102. The highest BCUT2D eigenvalue weighted by atomic mass is 35.5. The topological polar surface area (TPSA) is 29.1 Å². The van der Waals surface area contributed by atoms with Gasteiger partial charge in [-0.3, -0.25) is 4.79 Å². The number of benzene rings is 2. The van der Waals surface area contributed by atoms with Crippen LogP contribution in [0.4, 0.5) is 5.69 Å². The van der Waals surface area contributed by atoms with Crippen molar-refractivity contribution in [2.24, 2.45) is 0 Å². The van der Waals surface area contributed by atoms with E-state index in [1.165, 1.54) is 0 Å². The lowest BCUT2D eigenvalue weighted by atomic mass is 10.2. The lowest BCUT2D eigenvalue weighted by Gasteiger charge is -2.05. The summed E-state index contributed by atoms with van der Waals surface area (Å²) in [4.78, 5) is 11.9. The average molecular weight is 256 g/mol. The average Bonchev–Trinajstić information content (AvgIpc) is 2.39. The third kappa shape index (κ3) is 2.91. The quantitative estimate of drug-likeness (QED) is 0.817. The van der Waals surface area contributed by atoms with Gasteiger partial charge in [0.25, 0.3) is 5.91 Å². The number of carbonyl (C=O) groups is 1. The molecule has 0 aliphatic carbocycles. The fourth-order valence-electron chi connectivity index (χ4n) is 1.49. The van der Waals surface area contributed by atoms with Gasteiger partial charge in [0.1, 0.15) is 0 Å². The molecule has 2 aromatic carbocycles. The van der Waals surface area contributed by atoms with Crippen LogP contribution in [0.25, 0.3) is 0 Å². The summed E-state index contributed by atoms with van der Waals surface area (Å²) < 4.78 is 0. The fraction of sp³-hybridized carbons (Fsp3) is 0. The Kier molecular flexibility index (Phi) is 3.66. The zero-order chi connectivity index (χ0) is 13.0. The lowest BCUT2D eigenvalue weighted by Crippen LogP contribution is -2.11. The number of nitrogens with one attached hydrogen (secondary N) is 1. The predicted octanol–water partition coefficient (Wildman–Crippen LogP) is 3.57. The van der Waals surface area contributed by atoms with Crippen molar-refractivity contribution >= 4 is 23.2 Å². The van der Waals surface area contributed by atoms with Gasteiger partial charge in [-0.1, -0.05) is 23.6 Å². The van der Waals surface area contributed by atoms with E-state index < -0.39 is 0 Å². The monoisotopic (exact) mass is 255 g/mol. The normalized spacial score (nSPS) is 9.56. The molecule has 0 saturated carbocycles. The molecule has 0 spiro atoms. The molecular weight excluding hydrogens is 246 g/mol. The SMILES string of the molecule is C#Cc1cccc(NC(=O)c2ccc(Cl)cc2)c1. The molecule has 88 valence electrons. The molecule has 0 aromatic heterocycles. The summed E-state index contributed by atoms with van der Waals surface area (Å²) in [6, 6.07) is 13.8. The van der Waals surface area contributed by atoms with Crippen LogP contribution in [-0.4, -0.2) is 5.91 Å². The van der Waals surface area contributed by atoms with Gasteiger partial charge >= 0.3 is 0 Å². The van der Waals surface area contributed by atoms with Crippen molar-refractivity contribution < 1.29 is 4.79 Å². The Morgan fingerprint density at radius 3 is 2.56 bits per heavy atom. The molecule has 3 heteroatoms. The Labute approximate surface area is 111 Å². The summed E-state index contributed by atoms with van der Waals surface area (Å²) in [5, 5.41) is 3.37. The highest BCUT2D eigenvalue weighted by molar-refractivity contribution is 6.30. The Hall–Kier alpha value is -2.24. The van der Waals surface area contributed by atoms with Crippen molar-refractivity contribution in [1.82, 2.24) is 0 Å². The number of hydrogen-bond acceptors (Lipinski definition) is 1. The number of amides is 1. The minimum atomic E-state index is -0.194. The molecule has 1 amide bonds. The van der Waals surface area contributed by atoms with E-state index in [0.717, 1.165) is 5.56 Å². The smallest absolute Gasteiger partial charge is 0.255 e. The maximum atomic E-state index is 11.9. The van der Waals surface area contributed by atoms with Gasteiger partial charge in [-0.25, -0.2) is 0 Å². The van der Waals surface area contributed by atoms with Crippen molar-refractivity contribution in [2.45, 2.75) is 0 Å². The molecule has 0 saturated heterocycles. The Bertz CT molecular complexity index is 611. The first kappa shape index (κ1) is 12.2. The summed E-state index contributed by atoms with van der Waals surface area (Å²) in [5.74, 6) is 2.33. The van der Waals surface area contributed by atoms with Gasteiger partial charge < -0.3 is 5.32 Å². The third-order valence-electron chi connectivity index (χ3n) is 2.39. The molecule has 0 radical (unpaired) electrons. The molecule has 0 atom stereocenters. The summed E-state index contributed by atoms with van der Waals surface area (Å²) >= 11 is 5.76. The van der Waals surface area contributed by atoms with E-state index in [9.17, 15) is 4.79 Å². The first-order valence-electron chi connectivity index (χ1n) is 5.32. The van der Waals surface area contributed by atoms with Gasteiger partial charge in [0, 0.05) is 21.8 Å². The first-order chi connectivity index (χ1) is 8.69. The van der Waals surface area contributed by atoms with Crippen LogP contribution in [0.3, 0.4) is 0 Å². The van der Waals surface area contributed by atoms with Crippen molar-refractivity contribution in [1.29, 1.82) is 0 Å². The van der Waals surface area contributed by atoms with E-state index in [1.807, 2.05) is 0 Å². The van der Waals surface area contributed by atoms with E-state index in [0.29, 0.717) is 16.3 Å². The number of halogens is 1. The number of terminal acetylenes is 1. The molecule has 0 heterocycles. The van der Waals surface area contributed by atoms with Crippen molar-refractivity contribution in [3.8, 4) is 12.3 Å². The number of hydrogen-bond donors (Lipinski definition) is 1. The van der Waals surface area contributed by atoms with Gasteiger partial charge in [0.05, 0.1) is 0 Å². The van der Waals surface area contributed by atoms with Crippen molar-refractivity contribution in [3.05, 3.63) is 64.7 Å². The summed E-state index contributed by atoms with van der Waals surface area (Å²) in [6.45, 7) is 0. The maximum Gasteiger partial charge on any atom is 0.255 e. The summed E-state index contributed by atoms with van der Waals surface area (Å²) in [5.41, 5.74) is 1.94. The van der Waals surface area contributed by atoms with Crippen molar-refractivity contribution in [2.75, 3.05) is 5.32 Å². The van der Waals surface area contributed by atoms with Crippen LogP contribution in [0.2, 0.25) is 5.02 Å². The van der Waals surface area contributed by atoms with E-state index in [2.05, 4.69) is 11.2 Å². The summed E-state index contributed by atoms with van der Waals surface area (Å²) in [6.07, 6.45) is 5.30. The van der Waals surface area contributed by atoms with Crippen LogP contribution < -0.4 is 5.32 Å². The summed E-state index contributed by atoms with van der Waals surface area (Å²) in [7, 11) is 0. The standard InChI is InChI=1S/C15H10ClNO/c1-2-11-4-3-5-14(10-11)17-15(18)12-6-8-13(16)9-7-12/h1,3-10H,(H,17,18). The first-order valence-corrected chi connectivity index (χ1v) is 5.70. The fourth-order valence-corrected chi connectivity index (χ4v) is 1.62. The van der Waals surface area contributed by atoms with Gasteiger partial charge in [-0.2, -0.15) is 0 Å². The molecular formula is C15H10ClNO. The molecule has 2 aromatic rings. The second kappa shape index (κ2) is 5.39. The molecule has 0 aliphatic heterocycles. The van der Waals surface area contributed by atoms with Crippen LogP contribution in [0.5, 0.6) is 0 Å². The highest BCUT2D eigenvalue weighted by Crippen LogP contribution is 2.13. The Balaban J connectivity index is 2.16. The molecule has 0 fully saturated rings. The van der Waals surface area contributed by atoms with Crippen LogP contribution >= 0.6 is 11.6 Å². The number of anilines is 1. The van der Waals surface area contributed by atoms with Gasteiger partial charge in [0.15, 0.2) is 0 Å². The van der Waals surface area contributed by atoms with Gasteiger partial charge in [-0.05, 0) is 42.5 Å². The maximum absolute atomic E-state index is 11.9.